The highest BCUT2D eigenvalue weighted by Crippen LogP contribution is 2.39. The molecule has 0 bridgehead atoms. The molecular weight excluding hydrogens is 631 g/mol. The molecule has 1 aromatic carbocycles. The number of hydrogen-bond acceptors (Lipinski definition) is 8. The number of pyridine rings is 2. The van der Waals surface area contributed by atoms with Crippen LogP contribution in [-0.2, 0) is 27.3 Å². The number of Topliss-reactive ketones (excluding diaryl/α,β-unsaturated/α-hetero) is 1. The number of amides is 1. The summed E-state index contributed by atoms with van der Waals surface area (Å²) in [5.41, 5.74) is 3.31. The van der Waals surface area contributed by atoms with Crippen LogP contribution in [0.2, 0.25) is 0 Å². The molecule has 1 amide bonds. The lowest BCUT2D eigenvalue weighted by Gasteiger charge is -2.34. The Labute approximate surface area is 283 Å². The molecule has 1 aliphatic carbocycles. The summed E-state index contributed by atoms with van der Waals surface area (Å²) in [6.45, 7) is 3.77. The van der Waals surface area contributed by atoms with Gasteiger partial charge in [-0.25, -0.2) is 4.39 Å². The van der Waals surface area contributed by atoms with Crippen LogP contribution in [0.4, 0.5) is 4.39 Å². The van der Waals surface area contributed by atoms with Crippen LogP contribution in [0.5, 0.6) is 11.5 Å². The number of fused-ring (bicyclic) bond motifs is 1. The number of aliphatic carboxylic acids is 1. The number of piperazine rings is 1. The molecule has 0 unspecified atom stereocenters. The zero-order chi connectivity index (χ0) is 33.5. The Kier molecular flexibility index (Phi) is 11.1. The van der Waals surface area contributed by atoms with E-state index in [1.54, 1.807) is 24.4 Å². The molecule has 1 aliphatic heterocycles. The molecule has 0 spiro atoms. The smallest absolute Gasteiger partial charge is 0.303 e. The van der Waals surface area contributed by atoms with E-state index in [2.05, 4.69) is 16.0 Å². The first-order valence-corrected chi connectivity index (χ1v) is 17.7. The number of carbonyl (C=O) groups excluding carboxylic acids is 2. The van der Waals surface area contributed by atoms with Crippen molar-refractivity contribution in [3.8, 4) is 22.1 Å². The quantitative estimate of drug-likeness (QED) is 0.124. The van der Waals surface area contributed by atoms with Gasteiger partial charge in [-0.1, -0.05) is 25.0 Å². The van der Waals surface area contributed by atoms with Crippen LogP contribution in [0.1, 0.15) is 68.9 Å². The molecule has 2 fully saturated rings. The highest BCUT2D eigenvalue weighted by atomic mass is 32.1. The molecule has 9 nitrogen and oxygen atoms in total. The molecule has 4 aromatic rings. The third-order valence-electron chi connectivity index (χ3n) is 8.95. The zero-order valence-corrected chi connectivity index (χ0v) is 27.9. The standard InChI is InChI=1S/C37H41FN4O5S/c38-29-21-26(20-28(43)19-25-7-8-25)10-12-32(29)47-33-13-14-39-31-22-34(48-37(31)33)30-11-9-27(23-40-30)24-41-15-17-42(18-16-41)35(44)5-3-1-2-4-6-36(45)46/h9-14,21-23,25H,1-8,15-20,24H2,(H,45,46). The number of halogens is 1. The molecule has 0 radical (unpaired) electrons. The van der Waals surface area contributed by atoms with E-state index in [4.69, 9.17) is 14.8 Å². The van der Waals surface area contributed by atoms with Gasteiger partial charge in [-0.3, -0.25) is 29.3 Å². The van der Waals surface area contributed by atoms with E-state index in [1.807, 2.05) is 23.2 Å². The first-order valence-electron chi connectivity index (χ1n) is 16.8. The van der Waals surface area contributed by atoms with Gasteiger partial charge in [-0.15, -0.1) is 11.3 Å². The number of rotatable bonds is 16. The fourth-order valence-corrected chi connectivity index (χ4v) is 7.10. The van der Waals surface area contributed by atoms with Gasteiger partial charge in [0.2, 0.25) is 5.91 Å². The Morgan fingerprint density at radius 3 is 2.38 bits per heavy atom. The van der Waals surface area contributed by atoms with Crippen molar-refractivity contribution >= 4 is 39.2 Å². The van der Waals surface area contributed by atoms with Gasteiger partial charge in [-0.2, -0.15) is 0 Å². The normalized spacial score (nSPS) is 15.1. The van der Waals surface area contributed by atoms with E-state index in [0.717, 1.165) is 78.1 Å². The fourth-order valence-electron chi connectivity index (χ4n) is 6.06. The third kappa shape index (κ3) is 9.23. The molecule has 3 aromatic heterocycles. The van der Waals surface area contributed by atoms with Gasteiger partial charge < -0.3 is 14.7 Å². The minimum atomic E-state index is -0.766. The second kappa shape index (κ2) is 15.8. The first kappa shape index (κ1) is 33.7. The third-order valence-corrected chi connectivity index (χ3v) is 10.1. The Morgan fingerprint density at radius 2 is 1.67 bits per heavy atom. The van der Waals surface area contributed by atoms with Crippen LogP contribution < -0.4 is 4.74 Å². The topological polar surface area (TPSA) is 113 Å². The van der Waals surface area contributed by atoms with Crippen molar-refractivity contribution in [2.45, 2.75) is 70.8 Å². The maximum Gasteiger partial charge on any atom is 0.303 e. The van der Waals surface area contributed by atoms with Crippen molar-refractivity contribution in [3.63, 3.8) is 0 Å². The number of unbranched alkanes of at least 4 members (excludes halogenated alkanes) is 3. The van der Waals surface area contributed by atoms with Crippen molar-refractivity contribution in [1.82, 2.24) is 19.8 Å². The second-order valence-corrected chi connectivity index (χ2v) is 13.9. The maximum atomic E-state index is 15.0. The molecule has 252 valence electrons. The van der Waals surface area contributed by atoms with Crippen molar-refractivity contribution in [2.24, 2.45) is 5.92 Å². The van der Waals surface area contributed by atoms with Crippen molar-refractivity contribution in [2.75, 3.05) is 26.2 Å². The van der Waals surface area contributed by atoms with Crippen molar-refractivity contribution in [1.29, 1.82) is 0 Å². The molecule has 11 heteroatoms. The number of carboxylic acids is 1. The van der Waals surface area contributed by atoms with Crippen LogP contribution in [0.3, 0.4) is 0 Å². The summed E-state index contributed by atoms with van der Waals surface area (Å²) >= 11 is 1.49. The van der Waals surface area contributed by atoms with Gasteiger partial charge in [0.15, 0.2) is 11.6 Å². The van der Waals surface area contributed by atoms with Gasteiger partial charge in [0, 0.05) is 76.9 Å². The minimum Gasteiger partial charge on any atom is -0.481 e. The van der Waals surface area contributed by atoms with Gasteiger partial charge >= 0.3 is 5.97 Å². The summed E-state index contributed by atoms with van der Waals surface area (Å²) in [5, 5.41) is 8.73. The Bertz CT molecular complexity index is 1750. The summed E-state index contributed by atoms with van der Waals surface area (Å²) in [5.74, 6) is 0.197. The highest BCUT2D eigenvalue weighted by molar-refractivity contribution is 7.22. The summed E-state index contributed by atoms with van der Waals surface area (Å²) < 4.78 is 21.8. The van der Waals surface area contributed by atoms with E-state index in [9.17, 15) is 18.8 Å². The first-order chi connectivity index (χ1) is 23.3. The molecule has 0 atom stereocenters. The van der Waals surface area contributed by atoms with Gasteiger partial charge in [0.1, 0.15) is 11.5 Å². The Balaban J connectivity index is 0.999. The van der Waals surface area contributed by atoms with Crippen LogP contribution in [0.15, 0.2) is 54.9 Å². The van der Waals surface area contributed by atoms with Crippen LogP contribution in [0.25, 0.3) is 20.8 Å². The number of carboxylic acid groups (broad SMARTS) is 1. The Hall–Kier alpha value is -4.22. The number of ketones is 1. The highest BCUT2D eigenvalue weighted by Gasteiger charge is 2.25. The molecule has 1 N–H and O–H groups in total. The summed E-state index contributed by atoms with van der Waals surface area (Å²) in [7, 11) is 0. The number of ether oxygens (including phenoxy) is 1. The van der Waals surface area contributed by atoms with Gasteiger partial charge in [0.05, 0.1) is 20.8 Å². The van der Waals surface area contributed by atoms with E-state index in [0.29, 0.717) is 49.6 Å². The molecular formula is C37H41FN4O5S. The average molecular weight is 673 g/mol. The summed E-state index contributed by atoms with van der Waals surface area (Å²) in [6.07, 6.45) is 10.5. The van der Waals surface area contributed by atoms with Crippen molar-refractivity contribution in [3.05, 3.63) is 71.8 Å². The number of aromatic nitrogens is 2. The number of hydrogen-bond donors (Lipinski definition) is 1. The lowest BCUT2D eigenvalue weighted by atomic mass is 10.0. The predicted molar refractivity (Wildman–Crippen MR) is 183 cm³/mol. The molecule has 2 aliphatic rings. The van der Waals surface area contributed by atoms with Crippen LogP contribution in [0, 0.1) is 11.7 Å². The fraction of sp³-hybridized carbons (Fsp3) is 0.432. The number of benzene rings is 1. The second-order valence-electron chi connectivity index (χ2n) is 12.9. The number of carbonyl (C=O) groups is 3. The zero-order valence-electron chi connectivity index (χ0n) is 27.0. The summed E-state index contributed by atoms with van der Waals surface area (Å²) in [4.78, 5) is 49.9. The summed E-state index contributed by atoms with van der Waals surface area (Å²) in [6, 6.07) is 12.5. The molecule has 1 saturated carbocycles. The lowest BCUT2D eigenvalue weighted by Crippen LogP contribution is -2.48. The minimum absolute atomic E-state index is 0.105. The predicted octanol–water partition coefficient (Wildman–Crippen LogP) is 7.27. The number of nitrogens with zero attached hydrogens (tertiary/aromatic N) is 4. The van der Waals surface area contributed by atoms with E-state index < -0.39 is 11.8 Å². The van der Waals surface area contributed by atoms with E-state index >= 15 is 0 Å². The van der Waals surface area contributed by atoms with E-state index in [1.165, 1.54) is 17.4 Å². The molecule has 6 rings (SSSR count). The van der Waals surface area contributed by atoms with Gasteiger partial charge in [-0.05, 0) is 67.0 Å². The van der Waals surface area contributed by atoms with Crippen molar-refractivity contribution < 1.29 is 28.6 Å². The largest absolute Gasteiger partial charge is 0.481 e. The van der Waals surface area contributed by atoms with E-state index in [-0.39, 0.29) is 30.3 Å². The number of thiophene rings is 1. The van der Waals surface area contributed by atoms with Gasteiger partial charge in [0.25, 0.3) is 0 Å². The lowest BCUT2D eigenvalue weighted by molar-refractivity contribution is -0.137. The Morgan fingerprint density at radius 1 is 0.896 bits per heavy atom. The maximum absolute atomic E-state index is 15.0. The van der Waals surface area contributed by atoms with Crippen LogP contribution in [-0.4, -0.2) is 68.7 Å². The van der Waals surface area contributed by atoms with Crippen LogP contribution >= 0.6 is 11.3 Å². The molecule has 1 saturated heterocycles. The average Bonchev–Trinajstić information content (AvgIpc) is 3.77. The monoisotopic (exact) mass is 672 g/mol. The SMILES string of the molecule is O=C(O)CCCCCCC(=O)N1CCN(Cc2ccc(-c3cc4nccc(Oc5ccc(CC(=O)CC6CC6)cc5F)c4s3)nc2)CC1. The molecule has 48 heavy (non-hydrogen) atoms. The molecule has 4 heterocycles.